The fourth-order valence-electron chi connectivity index (χ4n) is 1.77. The summed E-state index contributed by atoms with van der Waals surface area (Å²) in [5.41, 5.74) is 1.26. The van der Waals surface area contributed by atoms with E-state index in [9.17, 15) is 9.50 Å². The molecule has 2 nitrogen and oxygen atoms in total. The van der Waals surface area contributed by atoms with Gasteiger partial charge in [0.2, 0.25) is 0 Å². The summed E-state index contributed by atoms with van der Waals surface area (Å²) < 4.78 is 13.4. The minimum atomic E-state index is -0.744. The van der Waals surface area contributed by atoms with E-state index in [1.165, 1.54) is 6.07 Å². The molecule has 0 bridgehead atoms. The van der Waals surface area contributed by atoms with Gasteiger partial charge in [-0.15, -0.1) is 0 Å². The fraction of sp³-hybridized carbons (Fsp3) is 0.455. The second-order valence-electron chi connectivity index (χ2n) is 3.69. The largest absolute Gasteiger partial charge is 0.389 e. The molecule has 0 unspecified atom stereocenters. The van der Waals surface area contributed by atoms with Gasteiger partial charge in [-0.25, -0.2) is 4.39 Å². The first-order valence-electron chi connectivity index (χ1n) is 4.91. The summed E-state index contributed by atoms with van der Waals surface area (Å²) in [5, 5.41) is 9.49. The van der Waals surface area contributed by atoms with Crippen LogP contribution < -0.4 is 4.90 Å². The van der Waals surface area contributed by atoms with Gasteiger partial charge in [-0.1, -0.05) is 6.07 Å². The molecule has 1 saturated heterocycles. The summed E-state index contributed by atoms with van der Waals surface area (Å²) in [6.45, 7) is 3.52. The van der Waals surface area contributed by atoms with Crippen molar-refractivity contribution in [3.8, 4) is 0 Å². The molecule has 0 amide bonds. The average Bonchev–Trinajstić information content (AvgIpc) is 1.99. The second-order valence-corrected chi connectivity index (χ2v) is 3.69. The Morgan fingerprint density at radius 2 is 2.14 bits per heavy atom. The Labute approximate surface area is 83.0 Å². The minimum Gasteiger partial charge on any atom is -0.389 e. The van der Waals surface area contributed by atoms with Gasteiger partial charge in [-0.3, -0.25) is 0 Å². The first kappa shape index (κ1) is 9.46. The fourth-order valence-corrected chi connectivity index (χ4v) is 1.77. The van der Waals surface area contributed by atoms with E-state index in [-0.39, 0.29) is 5.82 Å². The lowest BCUT2D eigenvalue weighted by atomic mass is 10.0. The zero-order valence-corrected chi connectivity index (χ0v) is 8.20. The summed E-state index contributed by atoms with van der Waals surface area (Å²) in [7, 11) is 0. The molecule has 2 rings (SSSR count). The second kappa shape index (κ2) is 3.58. The Balaban J connectivity index is 2.41. The van der Waals surface area contributed by atoms with Crippen LogP contribution in [-0.4, -0.2) is 18.2 Å². The van der Waals surface area contributed by atoms with Crippen molar-refractivity contribution in [1.82, 2.24) is 0 Å². The highest BCUT2D eigenvalue weighted by atomic mass is 19.1. The summed E-state index contributed by atoms with van der Waals surface area (Å²) in [4.78, 5) is 2.09. The molecule has 1 aromatic rings. The van der Waals surface area contributed by atoms with E-state index < -0.39 is 6.10 Å². The number of halogens is 1. The third-order valence-corrected chi connectivity index (χ3v) is 2.64. The Hall–Kier alpha value is -1.09. The average molecular weight is 195 g/mol. The molecule has 1 aliphatic heterocycles. The first-order chi connectivity index (χ1) is 6.70. The van der Waals surface area contributed by atoms with Crippen LogP contribution >= 0.6 is 0 Å². The molecule has 14 heavy (non-hydrogen) atoms. The Morgan fingerprint density at radius 1 is 1.43 bits per heavy atom. The van der Waals surface area contributed by atoms with Crippen LogP contribution in [0.4, 0.5) is 10.1 Å². The van der Waals surface area contributed by atoms with Crippen LogP contribution in [0, 0.1) is 5.82 Å². The number of anilines is 1. The van der Waals surface area contributed by atoms with Gasteiger partial charge >= 0.3 is 0 Å². The number of aliphatic hydroxyl groups excluding tert-OH is 1. The van der Waals surface area contributed by atoms with Crippen molar-refractivity contribution in [1.29, 1.82) is 0 Å². The summed E-state index contributed by atoms with van der Waals surface area (Å²) in [5.74, 6) is -0.315. The molecular formula is C11H14FNO. The predicted octanol–water partition coefficient (Wildman–Crippen LogP) is 2.09. The third kappa shape index (κ3) is 1.48. The molecule has 1 atom stereocenters. The molecule has 1 heterocycles. The van der Waals surface area contributed by atoms with Crippen LogP contribution in [-0.2, 0) is 0 Å². The van der Waals surface area contributed by atoms with Crippen LogP contribution in [0.5, 0.6) is 0 Å². The highest BCUT2D eigenvalue weighted by molar-refractivity contribution is 5.56. The minimum absolute atomic E-state index is 0.315. The molecule has 0 radical (unpaired) electrons. The van der Waals surface area contributed by atoms with Crippen molar-refractivity contribution in [3.63, 3.8) is 0 Å². The smallest absolute Gasteiger partial charge is 0.131 e. The molecule has 3 heteroatoms. The molecule has 0 aliphatic carbocycles. The van der Waals surface area contributed by atoms with Crippen LogP contribution in [0.15, 0.2) is 18.2 Å². The van der Waals surface area contributed by atoms with Crippen LogP contribution in [0.3, 0.4) is 0 Å². The van der Waals surface area contributed by atoms with E-state index >= 15 is 0 Å². The van der Waals surface area contributed by atoms with Crippen LogP contribution in [0.2, 0.25) is 0 Å². The summed E-state index contributed by atoms with van der Waals surface area (Å²) >= 11 is 0. The molecule has 0 aromatic heterocycles. The first-order valence-corrected chi connectivity index (χ1v) is 4.91. The van der Waals surface area contributed by atoms with E-state index in [1.54, 1.807) is 13.0 Å². The van der Waals surface area contributed by atoms with Gasteiger partial charge in [-0.2, -0.15) is 0 Å². The highest BCUT2D eigenvalue weighted by Gasteiger charge is 2.21. The molecule has 1 aromatic carbocycles. The van der Waals surface area contributed by atoms with Gasteiger partial charge in [0.15, 0.2) is 0 Å². The van der Waals surface area contributed by atoms with Gasteiger partial charge in [0.05, 0.1) is 6.10 Å². The quantitative estimate of drug-likeness (QED) is 0.781. The van der Waals surface area contributed by atoms with Gasteiger partial charge in [0.1, 0.15) is 5.82 Å². The molecule has 1 fully saturated rings. The van der Waals surface area contributed by atoms with Crippen molar-refractivity contribution >= 4 is 5.69 Å². The normalized spacial score (nSPS) is 17.8. The van der Waals surface area contributed by atoms with Gasteiger partial charge in [-0.05, 0) is 25.5 Å². The molecule has 0 saturated carbocycles. The number of nitrogens with zero attached hydrogens (tertiary/aromatic N) is 1. The molecule has 76 valence electrons. The van der Waals surface area contributed by atoms with Gasteiger partial charge in [0, 0.05) is 24.3 Å². The number of benzene rings is 1. The zero-order chi connectivity index (χ0) is 10.1. The number of hydrogen-bond donors (Lipinski definition) is 1. The van der Waals surface area contributed by atoms with Crippen LogP contribution in [0.1, 0.15) is 25.0 Å². The zero-order valence-electron chi connectivity index (χ0n) is 8.20. The molecule has 1 aliphatic rings. The highest BCUT2D eigenvalue weighted by Crippen LogP contribution is 2.31. The molecule has 1 N–H and O–H groups in total. The summed E-state index contributed by atoms with van der Waals surface area (Å²) in [6, 6.07) is 4.95. The molecule has 0 spiro atoms. The number of aliphatic hydroxyl groups is 1. The Morgan fingerprint density at radius 3 is 2.64 bits per heavy atom. The lowest BCUT2D eigenvalue weighted by molar-refractivity contribution is 0.194. The van der Waals surface area contributed by atoms with E-state index in [1.807, 2.05) is 6.07 Å². The van der Waals surface area contributed by atoms with Crippen molar-refractivity contribution in [2.45, 2.75) is 19.4 Å². The van der Waals surface area contributed by atoms with Crippen LogP contribution in [0.25, 0.3) is 0 Å². The lowest BCUT2D eigenvalue weighted by Gasteiger charge is -2.35. The van der Waals surface area contributed by atoms with Crippen molar-refractivity contribution in [3.05, 3.63) is 29.6 Å². The van der Waals surface area contributed by atoms with E-state index in [4.69, 9.17) is 0 Å². The van der Waals surface area contributed by atoms with Gasteiger partial charge in [0.25, 0.3) is 0 Å². The van der Waals surface area contributed by atoms with Crippen molar-refractivity contribution in [2.24, 2.45) is 0 Å². The Kier molecular flexibility index (Phi) is 2.42. The molecular weight excluding hydrogens is 181 g/mol. The van der Waals surface area contributed by atoms with E-state index in [2.05, 4.69) is 4.90 Å². The lowest BCUT2D eigenvalue weighted by Crippen LogP contribution is -2.38. The van der Waals surface area contributed by atoms with Crippen molar-refractivity contribution in [2.75, 3.05) is 18.0 Å². The standard InChI is InChI=1S/C11H14FNO/c1-8(14)11-9(12)4-2-5-10(11)13-6-3-7-13/h2,4-5,8,14H,3,6-7H2,1H3/t8-/m1/s1. The van der Waals surface area contributed by atoms with E-state index in [0.29, 0.717) is 5.56 Å². The number of hydrogen-bond acceptors (Lipinski definition) is 2. The predicted molar refractivity (Wildman–Crippen MR) is 53.9 cm³/mol. The third-order valence-electron chi connectivity index (χ3n) is 2.64. The van der Waals surface area contributed by atoms with Crippen molar-refractivity contribution < 1.29 is 9.50 Å². The maximum Gasteiger partial charge on any atom is 0.131 e. The summed E-state index contributed by atoms with van der Waals surface area (Å²) in [6.07, 6.45) is 0.405. The maximum absolute atomic E-state index is 13.4. The van der Waals surface area contributed by atoms with E-state index in [0.717, 1.165) is 25.2 Å². The van der Waals surface area contributed by atoms with Gasteiger partial charge < -0.3 is 10.0 Å². The monoisotopic (exact) mass is 195 g/mol. The topological polar surface area (TPSA) is 23.5 Å². The Bertz CT molecular complexity index is 334. The SMILES string of the molecule is C[C@@H](O)c1c(F)cccc1N1CCC1. The number of rotatable bonds is 2. The maximum atomic E-state index is 13.4.